The fraction of sp³-hybridized carbons (Fsp3) is 0.625. The van der Waals surface area contributed by atoms with Crippen LogP contribution in [0.4, 0.5) is 4.39 Å². The van der Waals surface area contributed by atoms with Crippen molar-refractivity contribution in [3.8, 4) is 6.07 Å². The van der Waals surface area contributed by atoms with Crippen LogP contribution in [0, 0.1) is 17.2 Å². The molecule has 1 aromatic carbocycles. The average molecular weight is 510 g/mol. The van der Waals surface area contributed by atoms with Crippen LogP contribution in [0.1, 0.15) is 108 Å². The molecule has 1 aromatic rings. The minimum atomic E-state index is -1.49. The molecule has 0 heterocycles. The predicted molar refractivity (Wildman–Crippen MR) is 147 cm³/mol. The zero-order chi connectivity index (χ0) is 26.5. The summed E-state index contributed by atoms with van der Waals surface area (Å²) in [5.74, 6) is -0.106. The van der Waals surface area contributed by atoms with Gasteiger partial charge in [0, 0.05) is 6.61 Å². The van der Waals surface area contributed by atoms with Crippen LogP contribution in [0.15, 0.2) is 42.5 Å². The SMILES string of the molecule is CCCCCOC1(CCC2CCC(OC(=O)[C@@H](F)CCCC)CC2)C=CC(c2cccc(C#N)c2)=CC1. The lowest BCUT2D eigenvalue weighted by atomic mass is 9.79. The van der Waals surface area contributed by atoms with Crippen LogP contribution in [-0.2, 0) is 14.3 Å². The minimum Gasteiger partial charge on any atom is -0.460 e. The van der Waals surface area contributed by atoms with E-state index in [1.807, 2.05) is 31.2 Å². The van der Waals surface area contributed by atoms with Crippen molar-refractivity contribution in [3.05, 3.63) is 53.6 Å². The van der Waals surface area contributed by atoms with E-state index in [0.29, 0.717) is 17.9 Å². The summed E-state index contributed by atoms with van der Waals surface area (Å²) in [5, 5.41) is 9.24. The maximum Gasteiger partial charge on any atom is 0.340 e. The summed E-state index contributed by atoms with van der Waals surface area (Å²) in [4.78, 5) is 12.0. The molecule has 2 aliphatic rings. The number of halogens is 1. The van der Waals surface area contributed by atoms with Crippen LogP contribution >= 0.6 is 0 Å². The van der Waals surface area contributed by atoms with Gasteiger partial charge in [-0.25, -0.2) is 9.18 Å². The van der Waals surface area contributed by atoms with E-state index in [4.69, 9.17) is 9.47 Å². The third-order valence-electron chi connectivity index (χ3n) is 7.82. The molecule has 2 aliphatic carbocycles. The second kappa shape index (κ2) is 15.1. The highest BCUT2D eigenvalue weighted by Gasteiger charge is 2.32. The molecular weight excluding hydrogens is 465 g/mol. The fourth-order valence-corrected chi connectivity index (χ4v) is 5.36. The van der Waals surface area contributed by atoms with Gasteiger partial charge >= 0.3 is 5.97 Å². The normalized spacial score (nSPS) is 24.2. The minimum absolute atomic E-state index is 0.146. The summed E-state index contributed by atoms with van der Waals surface area (Å²) < 4.78 is 26.0. The first-order chi connectivity index (χ1) is 18.0. The van der Waals surface area contributed by atoms with Crippen molar-refractivity contribution < 1.29 is 18.7 Å². The van der Waals surface area contributed by atoms with Crippen molar-refractivity contribution in [2.45, 2.75) is 115 Å². The van der Waals surface area contributed by atoms with E-state index in [1.165, 1.54) is 12.8 Å². The molecule has 4 nitrogen and oxygen atoms in total. The van der Waals surface area contributed by atoms with E-state index < -0.39 is 12.1 Å². The maximum absolute atomic E-state index is 14.0. The van der Waals surface area contributed by atoms with Gasteiger partial charge in [0.25, 0.3) is 0 Å². The van der Waals surface area contributed by atoms with E-state index in [1.54, 1.807) is 0 Å². The van der Waals surface area contributed by atoms with E-state index in [9.17, 15) is 14.4 Å². The Morgan fingerprint density at radius 1 is 1.16 bits per heavy atom. The van der Waals surface area contributed by atoms with Crippen molar-refractivity contribution in [2.24, 2.45) is 5.92 Å². The van der Waals surface area contributed by atoms with Crippen LogP contribution in [0.25, 0.3) is 5.57 Å². The molecule has 202 valence electrons. The van der Waals surface area contributed by atoms with Gasteiger partial charge in [0.2, 0.25) is 0 Å². The van der Waals surface area contributed by atoms with Crippen molar-refractivity contribution in [2.75, 3.05) is 6.61 Å². The molecule has 5 heteroatoms. The number of rotatable bonds is 14. The highest BCUT2D eigenvalue weighted by Crippen LogP contribution is 2.37. The Morgan fingerprint density at radius 2 is 1.95 bits per heavy atom. The lowest BCUT2D eigenvalue weighted by Crippen LogP contribution is -2.33. The maximum atomic E-state index is 14.0. The number of esters is 1. The Morgan fingerprint density at radius 3 is 2.62 bits per heavy atom. The van der Waals surface area contributed by atoms with Gasteiger partial charge in [0.05, 0.1) is 17.2 Å². The zero-order valence-electron chi connectivity index (χ0n) is 22.7. The van der Waals surface area contributed by atoms with Gasteiger partial charge in [-0.3, -0.25) is 0 Å². The quantitative estimate of drug-likeness (QED) is 0.187. The summed E-state index contributed by atoms with van der Waals surface area (Å²) in [6.07, 6.45) is 16.7. The van der Waals surface area contributed by atoms with E-state index in [-0.39, 0.29) is 18.1 Å². The molecule has 1 fully saturated rings. The molecule has 0 radical (unpaired) electrons. The monoisotopic (exact) mass is 509 g/mol. The molecule has 3 rings (SSSR count). The topological polar surface area (TPSA) is 59.3 Å². The summed E-state index contributed by atoms with van der Waals surface area (Å²) in [7, 11) is 0. The van der Waals surface area contributed by atoms with Crippen LogP contribution in [0.2, 0.25) is 0 Å². The van der Waals surface area contributed by atoms with Crippen molar-refractivity contribution >= 4 is 11.5 Å². The molecule has 37 heavy (non-hydrogen) atoms. The first-order valence-corrected chi connectivity index (χ1v) is 14.4. The van der Waals surface area contributed by atoms with Gasteiger partial charge in [0.15, 0.2) is 6.17 Å². The zero-order valence-corrected chi connectivity index (χ0v) is 22.7. The van der Waals surface area contributed by atoms with Gasteiger partial charge in [-0.15, -0.1) is 0 Å². The molecule has 0 N–H and O–H groups in total. The second-order valence-electron chi connectivity index (χ2n) is 10.7. The van der Waals surface area contributed by atoms with Gasteiger partial charge in [-0.05, 0) is 87.0 Å². The number of alkyl halides is 1. The number of nitriles is 1. The van der Waals surface area contributed by atoms with E-state index >= 15 is 0 Å². The van der Waals surface area contributed by atoms with Crippen LogP contribution in [-0.4, -0.2) is 30.5 Å². The highest BCUT2D eigenvalue weighted by atomic mass is 19.1. The number of hydrogen-bond donors (Lipinski definition) is 0. The lowest BCUT2D eigenvalue weighted by Gasteiger charge is -2.35. The molecule has 1 unspecified atom stereocenters. The fourth-order valence-electron chi connectivity index (χ4n) is 5.36. The number of carbonyl (C=O) groups is 1. The van der Waals surface area contributed by atoms with Crippen molar-refractivity contribution in [3.63, 3.8) is 0 Å². The number of carbonyl (C=O) groups excluding carboxylic acids is 1. The summed E-state index contributed by atoms with van der Waals surface area (Å²) in [5.41, 5.74) is 2.57. The number of ether oxygens (including phenoxy) is 2. The highest BCUT2D eigenvalue weighted by molar-refractivity contribution is 5.76. The summed E-state index contributed by atoms with van der Waals surface area (Å²) >= 11 is 0. The van der Waals surface area contributed by atoms with Gasteiger partial charge in [0.1, 0.15) is 6.10 Å². The van der Waals surface area contributed by atoms with Gasteiger partial charge in [-0.2, -0.15) is 5.26 Å². The molecular formula is C32H44FNO3. The molecule has 1 saturated carbocycles. The van der Waals surface area contributed by atoms with Crippen LogP contribution in [0.3, 0.4) is 0 Å². The van der Waals surface area contributed by atoms with E-state index in [0.717, 1.165) is 75.5 Å². The molecule has 0 aliphatic heterocycles. The Kier molecular flexibility index (Phi) is 11.9. The second-order valence-corrected chi connectivity index (χ2v) is 10.7. The number of allylic oxidation sites excluding steroid dienone is 2. The largest absolute Gasteiger partial charge is 0.460 e. The van der Waals surface area contributed by atoms with Gasteiger partial charge in [-0.1, -0.05) is 69.9 Å². The third-order valence-corrected chi connectivity index (χ3v) is 7.82. The molecule has 0 aromatic heterocycles. The average Bonchev–Trinajstić information content (AvgIpc) is 2.94. The van der Waals surface area contributed by atoms with E-state index in [2.05, 4.69) is 31.2 Å². The van der Waals surface area contributed by atoms with Gasteiger partial charge < -0.3 is 9.47 Å². The molecule has 0 saturated heterocycles. The molecule has 2 atom stereocenters. The smallest absolute Gasteiger partial charge is 0.340 e. The van der Waals surface area contributed by atoms with Crippen molar-refractivity contribution in [1.82, 2.24) is 0 Å². The third kappa shape index (κ3) is 9.11. The number of unbranched alkanes of at least 4 members (excludes halogenated alkanes) is 3. The van der Waals surface area contributed by atoms with Crippen LogP contribution < -0.4 is 0 Å². The van der Waals surface area contributed by atoms with Crippen LogP contribution in [0.5, 0.6) is 0 Å². The number of hydrogen-bond acceptors (Lipinski definition) is 4. The first kappa shape index (κ1) is 29.1. The molecule has 0 spiro atoms. The predicted octanol–water partition coefficient (Wildman–Crippen LogP) is 8.26. The lowest BCUT2D eigenvalue weighted by molar-refractivity contribution is -0.157. The van der Waals surface area contributed by atoms with Crippen molar-refractivity contribution in [1.29, 1.82) is 5.26 Å². The Hall–Kier alpha value is -2.45. The number of nitrogens with zero attached hydrogens (tertiary/aromatic N) is 1. The Labute approximate surface area is 222 Å². The Bertz CT molecular complexity index is 957. The standard InChI is InChI=1S/C32H44FNO3/c1-3-5-7-22-36-32(20-17-27(18-21-32)28-10-8-9-26(23-28)24-34)19-16-25-12-14-29(15-13-25)37-31(35)30(33)11-6-4-2/h8-10,17-18,20,23,25,29-30H,3-7,11-16,19,21-22H2,1-2H3/t25?,29?,30-,32?/m0/s1. The Balaban J connectivity index is 1.53. The molecule has 0 amide bonds. The summed E-state index contributed by atoms with van der Waals surface area (Å²) in [6, 6.07) is 9.97. The summed E-state index contributed by atoms with van der Waals surface area (Å²) in [6.45, 7) is 4.95. The first-order valence-electron chi connectivity index (χ1n) is 14.4. The molecule has 0 bridgehead atoms. The number of benzene rings is 1.